The summed E-state index contributed by atoms with van der Waals surface area (Å²) in [4.78, 5) is 11.5. The molecule has 0 unspecified atom stereocenters. The van der Waals surface area contributed by atoms with Gasteiger partial charge in [-0.15, -0.1) is 0 Å². The molecule has 0 bridgehead atoms. The molecule has 19 heavy (non-hydrogen) atoms. The molecule has 2 N–H and O–H groups in total. The molecule has 1 aromatic rings. The summed E-state index contributed by atoms with van der Waals surface area (Å²) in [6.07, 6.45) is 2.20. The van der Waals surface area contributed by atoms with E-state index in [1.165, 1.54) is 5.56 Å². The average Bonchev–Trinajstić information content (AvgIpc) is 3.19. The van der Waals surface area contributed by atoms with Gasteiger partial charge in [-0.25, -0.2) is 0 Å². The van der Waals surface area contributed by atoms with Crippen LogP contribution in [-0.4, -0.2) is 24.6 Å². The Kier molecular flexibility index (Phi) is 4.80. The zero-order chi connectivity index (χ0) is 13.7. The standard InChI is InChI=1S/C15H22N2O2/c1-11(2)16-9-12-3-7-14(8-4-12)19-10-15(18)17-13-5-6-13/h3-4,7-8,11,13,16H,5-6,9-10H2,1-2H3,(H,17,18). The third-order valence-corrected chi connectivity index (χ3v) is 2.95. The number of amides is 1. The molecule has 1 saturated carbocycles. The van der Waals surface area contributed by atoms with E-state index in [0.29, 0.717) is 12.1 Å². The summed E-state index contributed by atoms with van der Waals surface area (Å²) in [6.45, 7) is 5.19. The summed E-state index contributed by atoms with van der Waals surface area (Å²) in [5, 5.41) is 6.25. The number of nitrogens with one attached hydrogen (secondary N) is 2. The molecule has 0 aromatic heterocycles. The minimum absolute atomic E-state index is 0.0342. The van der Waals surface area contributed by atoms with Crippen LogP contribution in [0.5, 0.6) is 5.75 Å². The predicted molar refractivity (Wildman–Crippen MR) is 75.1 cm³/mol. The molecule has 1 fully saturated rings. The van der Waals surface area contributed by atoms with Crippen LogP contribution in [-0.2, 0) is 11.3 Å². The van der Waals surface area contributed by atoms with Gasteiger partial charge in [0.1, 0.15) is 5.75 Å². The van der Waals surface area contributed by atoms with E-state index in [0.717, 1.165) is 25.1 Å². The second-order valence-corrected chi connectivity index (χ2v) is 5.31. The first-order valence-corrected chi connectivity index (χ1v) is 6.88. The second-order valence-electron chi connectivity index (χ2n) is 5.31. The van der Waals surface area contributed by atoms with Crippen molar-refractivity contribution in [1.29, 1.82) is 0 Å². The molecule has 0 radical (unpaired) electrons. The van der Waals surface area contributed by atoms with Gasteiger partial charge in [-0.3, -0.25) is 4.79 Å². The first kappa shape index (κ1) is 13.9. The van der Waals surface area contributed by atoms with Gasteiger partial charge in [0.15, 0.2) is 6.61 Å². The zero-order valence-electron chi connectivity index (χ0n) is 11.6. The van der Waals surface area contributed by atoms with Crippen molar-refractivity contribution in [3.8, 4) is 5.75 Å². The summed E-state index contributed by atoms with van der Waals surface area (Å²) in [6, 6.07) is 8.71. The zero-order valence-corrected chi connectivity index (χ0v) is 11.6. The van der Waals surface area contributed by atoms with E-state index in [-0.39, 0.29) is 12.5 Å². The number of benzene rings is 1. The number of rotatable bonds is 7. The number of carbonyl (C=O) groups is 1. The molecule has 0 heterocycles. The first-order valence-electron chi connectivity index (χ1n) is 6.88. The maximum Gasteiger partial charge on any atom is 0.258 e. The molecule has 4 nitrogen and oxygen atoms in total. The Bertz CT molecular complexity index is 411. The molecule has 1 amide bonds. The topological polar surface area (TPSA) is 50.4 Å². The monoisotopic (exact) mass is 262 g/mol. The molecule has 0 spiro atoms. The molecule has 1 aliphatic rings. The lowest BCUT2D eigenvalue weighted by Gasteiger charge is -2.09. The minimum Gasteiger partial charge on any atom is -0.484 e. The predicted octanol–water partition coefficient (Wildman–Crippen LogP) is 1.84. The van der Waals surface area contributed by atoms with Crippen LogP contribution in [0, 0.1) is 0 Å². The van der Waals surface area contributed by atoms with Crippen LogP contribution < -0.4 is 15.4 Å². The molecular formula is C15H22N2O2. The summed E-state index contributed by atoms with van der Waals surface area (Å²) in [7, 11) is 0. The minimum atomic E-state index is -0.0342. The van der Waals surface area contributed by atoms with Crippen molar-refractivity contribution in [2.75, 3.05) is 6.61 Å². The van der Waals surface area contributed by atoms with Crippen molar-refractivity contribution < 1.29 is 9.53 Å². The van der Waals surface area contributed by atoms with Crippen molar-refractivity contribution in [2.45, 2.75) is 45.3 Å². The SMILES string of the molecule is CC(C)NCc1ccc(OCC(=O)NC2CC2)cc1. The third kappa shape index (κ3) is 5.30. The fraction of sp³-hybridized carbons (Fsp3) is 0.533. The van der Waals surface area contributed by atoms with Crippen LogP contribution in [0.3, 0.4) is 0 Å². The summed E-state index contributed by atoms with van der Waals surface area (Å²) < 4.78 is 5.44. The first-order chi connectivity index (χ1) is 9.13. The van der Waals surface area contributed by atoms with Crippen LogP contribution >= 0.6 is 0 Å². The summed E-state index contributed by atoms with van der Waals surface area (Å²) >= 11 is 0. The van der Waals surface area contributed by atoms with Gasteiger partial charge in [0, 0.05) is 18.6 Å². The van der Waals surface area contributed by atoms with Crippen LogP contribution in [0.25, 0.3) is 0 Å². The van der Waals surface area contributed by atoms with E-state index in [1.807, 2.05) is 24.3 Å². The van der Waals surface area contributed by atoms with Gasteiger partial charge in [0.2, 0.25) is 0 Å². The summed E-state index contributed by atoms with van der Waals surface area (Å²) in [5.41, 5.74) is 1.21. The average molecular weight is 262 g/mol. The van der Waals surface area contributed by atoms with Gasteiger partial charge in [0.25, 0.3) is 5.91 Å². The maximum absolute atomic E-state index is 11.5. The number of ether oxygens (including phenoxy) is 1. The molecule has 1 aliphatic carbocycles. The van der Waals surface area contributed by atoms with E-state index in [1.54, 1.807) is 0 Å². The van der Waals surface area contributed by atoms with Gasteiger partial charge >= 0.3 is 0 Å². The highest BCUT2D eigenvalue weighted by molar-refractivity contribution is 5.78. The molecule has 1 aromatic carbocycles. The van der Waals surface area contributed by atoms with Crippen LogP contribution in [0.4, 0.5) is 0 Å². The normalized spacial score (nSPS) is 14.5. The molecule has 2 rings (SSSR count). The maximum atomic E-state index is 11.5. The van der Waals surface area contributed by atoms with E-state index in [4.69, 9.17) is 4.74 Å². The van der Waals surface area contributed by atoms with E-state index >= 15 is 0 Å². The molecular weight excluding hydrogens is 240 g/mol. The van der Waals surface area contributed by atoms with Gasteiger partial charge in [0.05, 0.1) is 0 Å². The van der Waals surface area contributed by atoms with Crippen molar-refractivity contribution in [2.24, 2.45) is 0 Å². The lowest BCUT2D eigenvalue weighted by atomic mass is 10.2. The van der Waals surface area contributed by atoms with Crippen molar-refractivity contribution in [1.82, 2.24) is 10.6 Å². The van der Waals surface area contributed by atoms with E-state index in [2.05, 4.69) is 24.5 Å². The third-order valence-electron chi connectivity index (χ3n) is 2.95. The molecule has 0 saturated heterocycles. The molecule has 0 atom stereocenters. The highest BCUT2D eigenvalue weighted by Crippen LogP contribution is 2.18. The Balaban J connectivity index is 1.72. The largest absolute Gasteiger partial charge is 0.484 e. The van der Waals surface area contributed by atoms with Crippen LogP contribution in [0.2, 0.25) is 0 Å². The number of hydrogen-bond donors (Lipinski definition) is 2. The summed E-state index contributed by atoms with van der Waals surface area (Å²) in [5.74, 6) is 0.701. The van der Waals surface area contributed by atoms with Crippen molar-refractivity contribution in [3.05, 3.63) is 29.8 Å². The van der Waals surface area contributed by atoms with Gasteiger partial charge in [-0.2, -0.15) is 0 Å². The lowest BCUT2D eigenvalue weighted by molar-refractivity contribution is -0.123. The molecule has 4 heteroatoms. The van der Waals surface area contributed by atoms with Crippen LogP contribution in [0.1, 0.15) is 32.3 Å². The molecule has 0 aliphatic heterocycles. The Labute approximate surface area is 114 Å². The molecule has 104 valence electrons. The number of hydrogen-bond acceptors (Lipinski definition) is 3. The quantitative estimate of drug-likeness (QED) is 0.788. The smallest absolute Gasteiger partial charge is 0.258 e. The lowest BCUT2D eigenvalue weighted by Crippen LogP contribution is -2.30. The number of carbonyl (C=O) groups excluding carboxylic acids is 1. The van der Waals surface area contributed by atoms with E-state index < -0.39 is 0 Å². The second kappa shape index (κ2) is 6.57. The fourth-order valence-corrected chi connectivity index (χ4v) is 1.67. The van der Waals surface area contributed by atoms with Crippen molar-refractivity contribution >= 4 is 5.91 Å². The Morgan fingerprint density at radius 1 is 1.32 bits per heavy atom. The van der Waals surface area contributed by atoms with Gasteiger partial charge in [-0.05, 0) is 30.5 Å². The Morgan fingerprint density at radius 3 is 2.58 bits per heavy atom. The highest BCUT2D eigenvalue weighted by atomic mass is 16.5. The van der Waals surface area contributed by atoms with Gasteiger partial charge in [-0.1, -0.05) is 26.0 Å². The Hall–Kier alpha value is -1.55. The van der Waals surface area contributed by atoms with Gasteiger partial charge < -0.3 is 15.4 Å². The highest BCUT2D eigenvalue weighted by Gasteiger charge is 2.23. The van der Waals surface area contributed by atoms with Crippen LogP contribution in [0.15, 0.2) is 24.3 Å². The van der Waals surface area contributed by atoms with Crippen molar-refractivity contribution in [3.63, 3.8) is 0 Å². The Morgan fingerprint density at radius 2 is 2.00 bits per heavy atom. The fourth-order valence-electron chi connectivity index (χ4n) is 1.67. The van der Waals surface area contributed by atoms with E-state index in [9.17, 15) is 4.79 Å².